The van der Waals surface area contributed by atoms with E-state index in [2.05, 4.69) is 9.84 Å². The fourth-order valence-electron chi connectivity index (χ4n) is 2.37. The average molecular weight is 437 g/mol. The number of anilines is 1. The fourth-order valence-corrected chi connectivity index (χ4v) is 2.37. The molecule has 1 aromatic rings. The van der Waals surface area contributed by atoms with E-state index in [0.29, 0.717) is 11.1 Å². The molecule has 1 N–H and O–H groups in total. The standard InChI is InChI=1S/C15H12F9N3O2/c1-27-6-13(19,9(26-27)10(16)17)12(28)25-7-4-2-3-5-8(7)29-15(23,24)11(18)14(20,21)22/h2-5,10-11H,6H2,1H3,(H,25,28). The zero-order chi connectivity index (χ0) is 22.2. The molecule has 29 heavy (non-hydrogen) atoms. The molecule has 0 bridgehead atoms. The molecule has 1 amide bonds. The van der Waals surface area contributed by atoms with Crippen LogP contribution in [0.25, 0.3) is 0 Å². The molecule has 2 unspecified atom stereocenters. The SMILES string of the molecule is CN1CC(F)(C(=O)Nc2ccccc2OC(F)(F)C(F)C(F)(F)F)C(C(F)F)=N1. The van der Waals surface area contributed by atoms with E-state index >= 15 is 0 Å². The van der Waals surface area contributed by atoms with Crippen LogP contribution < -0.4 is 10.1 Å². The molecule has 1 heterocycles. The Hall–Kier alpha value is -2.67. The normalized spacial score (nSPS) is 21.2. The van der Waals surface area contributed by atoms with E-state index in [0.717, 1.165) is 25.2 Å². The number of halogens is 9. The summed E-state index contributed by atoms with van der Waals surface area (Å²) in [6, 6.07) is 3.53. The van der Waals surface area contributed by atoms with Crippen LogP contribution in [0, 0.1) is 0 Å². The number of carbonyl (C=O) groups excluding carboxylic acids is 1. The summed E-state index contributed by atoms with van der Waals surface area (Å²) in [4.78, 5) is 12.2. The number of alkyl halides is 9. The Kier molecular flexibility index (Phi) is 5.95. The van der Waals surface area contributed by atoms with E-state index in [4.69, 9.17) is 0 Å². The van der Waals surface area contributed by atoms with E-state index in [1.54, 1.807) is 5.32 Å². The van der Waals surface area contributed by atoms with Crippen LogP contribution in [-0.2, 0) is 4.79 Å². The maximum atomic E-state index is 14.8. The number of nitrogens with zero attached hydrogens (tertiary/aromatic N) is 2. The molecule has 0 aliphatic carbocycles. The van der Waals surface area contributed by atoms with Gasteiger partial charge in [-0.1, -0.05) is 12.1 Å². The summed E-state index contributed by atoms with van der Waals surface area (Å²) in [5.41, 5.74) is -5.60. The second-order valence-corrected chi connectivity index (χ2v) is 5.92. The Labute approximate surface area is 157 Å². The Morgan fingerprint density at radius 2 is 1.79 bits per heavy atom. The number of hydrazone groups is 1. The van der Waals surface area contributed by atoms with E-state index in [9.17, 15) is 44.3 Å². The lowest BCUT2D eigenvalue weighted by Gasteiger charge is -2.25. The first-order valence-corrected chi connectivity index (χ1v) is 7.63. The number of carbonyl (C=O) groups is 1. The van der Waals surface area contributed by atoms with E-state index in [1.807, 2.05) is 0 Å². The van der Waals surface area contributed by atoms with E-state index in [1.165, 1.54) is 0 Å². The third-order valence-corrected chi connectivity index (χ3v) is 3.66. The van der Waals surface area contributed by atoms with Crippen molar-refractivity contribution in [3.63, 3.8) is 0 Å². The van der Waals surface area contributed by atoms with Gasteiger partial charge in [-0.25, -0.2) is 17.6 Å². The summed E-state index contributed by atoms with van der Waals surface area (Å²) < 4.78 is 121. The number of hydrogen-bond acceptors (Lipinski definition) is 4. The molecule has 0 saturated carbocycles. The number of amides is 1. The molecule has 0 saturated heterocycles. The van der Waals surface area contributed by atoms with Crippen LogP contribution in [0.1, 0.15) is 0 Å². The maximum absolute atomic E-state index is 14.8. The minimum absolute atomic E-state index is 0.639. The summed E-state index contributed by atoms with van der Waals surface area (Å²) in [7, 11) is 1.09. The van der Waals surface area contributed by atoms with Crippen molar-refractivity contribution in [3.05, 3.63) is 24.3 Å². The van der Waals surface area contributed by atoms with Crippen molar-refractivity contribution in [3.8, 4) is 5.75 Å². The zero-order valence-corrected chi connectivity index (χ0v) is 14.3. The lowest BCUT2D eigenvalue weighted by atomic mass is 9.99. The monoisotopic (exact) mass is 437 g/mol. The van der Waals surface area contributed by atoms with Crippen molar-refractivity contribution >= 4 is 17.3 Å². The molecule has 14 heteroatoms. The summed E-state index contributed by atoms with van der Waals surface area (Å²) in [5.74, 6) is -2.91. The van der Waals surface area contributed by atoms with Gasteiger partial charge in [-0.2, -0.15) is 27.1 Å². The number of ether oxygens (including phenoxy) is 1. The fraction of sp³-hybridized carbons (Fsp3) is 0.467. The van der Waals surface area contributed by atoms with Gasteiger partial charge in [0.05, 0.1) is 12.2 Å². The molecule has 0 aromatic heterocycles. The molecule has 1 aliphatic heterocycles. The largest absolute Gasteiger partial charge is 0.439 e. The number of para-hydroxylation sites is 2. The van der Waals surface area contributed by atoms with Crippen LogP contribution >= 0.6 is 0 Å². The topological polar surface area (TPSA) is 53.9 Å². The quantitative estimate of drug-likeness (QED) is 0.690. The van der Waals surface area contributed by atoms with Crippen LogP contribution in [-0.4, -0.2) is 60.8 Å². The van der Waals surface area contributed by atoms with Gasteiger partial charge in [-0.15, -0.1) is 0 Å². The van der Waals surface area contributed by atoms with Crippen molar-refractivity contribution in [2.45, 2.75) is 30.6 Å². The van der Waals surface area contributed by atoms with Gasteiger partial charge in [-0.3, -0.25) is 9.80 Å². The van der Waals surface area contributed by atoms with Crippen LogP contribution in [0.15, 0.2) is 29.4 Å². The highest BCUT2D eigenvalue weighted by molar-refractivity contribution is 6.18. The summed E-state index contributed by atoms with van der Waals surface area (Å²) in [6.45, 7) is -0.932. The lowest BCUT2D eigenvalue weighted by molar-refractivity contribution is -0.304. The predicted octanol–water partition coefficient (Wildman–Crippen LogP) is 3.77. The number of benzene rings is 1. The van der Waals surface area contributed by atoms with Gasteiger partial charge in [0.2, 0.25) is 0 Å². The second kappa shape index (κ2) is 7.63. The minimum Gasteiger partial charge on any atom is -0.428 e. The highest BCUT2D eigenvalue weighted by Crippen LogP contribution is 2.39. The van der Waals surface area contributed by atoms with Crippen molar-refractivity contribution in [1.82, 2.24) is 5.01 Å². The molecule has 2 atom stereocenters. The molecule has 162 valence electrons. The van der Waals surface area contributed by atoms with Crippen molar-refractivity contribution in [2.75, 3.05) is 18.9 Å². The first-order valence-electron chi connectivity index (χ1n) is 7.63. The van der Waals surface area contributed by atoms with Crippen LogP contribution in [0.5, 0.6) is 5.75 Å². The zero-order valence-electron chi connectivity index (χ0n) is 14.3. The predicted molar refractivity (Wildman–Crippen MR) is 81.5 cm³/mol. The first-order chi connectivity index (χ1) is 13.2. The van der Waals surface area contributed by atoms with Crippen molar-refractivity contribution in [2.24, 2.45) is 5.10 Å². The third-order valence-electron chi connectivity index (χ3n) is 3.66. The Balaban J connectivity index is 2.28. The van der Waals surface area contributed by atoms with Crippen LogP contribution in [0.3, 0.4) is 0 Å². The van der Waals surface area contributed by atoms with Gasteiger partial charge in [0.1, 0.15) is 5.75 Å². The number of hydrogen-bond donors (Lipinski definition) is 1. The molecule has 1 aliphatic rings. The molecule has 2 rings (SSSR count). The Morgan fingerprint density at radius 1 is 1.21 bits per heavy atom. The van der Waals surface area contributed by atoms with Gasteiger partial charge in [0, 0.05) is 7.05 Å². The van der Waals surface area contributed by atoms with Crippen LogP contribution in [0.4, 0.5) is 45.2 Å². The molecule has 0 spiro atoms. The number of rotatable bonds is 6. The first kappa shape index (κ1) is 22.6. The summed E-state index contributed by atoms with van der Waals surface area (Å²) in [5, 5.41) is 5.56. The molecular formula is C15H12F9N3O2. The Morgan fingerprint density at radius 3 is 2.34 bits per heavy atom. The minimum atomic E-state index is -5.96. The maximum Gasteiger partial charge on any atom is 0.439 e. The van der Waals surface area contributed by atoms with Crippen molar-refractivity contribution in [1.29, 1.82) is 0 Å². The highest BCUT2D eigenvalue weighted by Gasteiger charge is 2.59. The summed E-state index contributed by atoms with van der Waals surface area (Å²) in [6.07, 6.45) is -19.5. The van der Waals surface area contributed by atoms with Crippen LogP contribution in [0.2, 0.25) is 0 Å². The van der Waals surface area contributed by atoms with Gasteiger partial charge >= 0.3 is 12.3 Å². The Bertz CT molecular complexity index is 799. The molecular weight excluding hydrogens is 425 g/mol. The molecule has 1 aromatic carbocycles. The lowest BCUT2D eigenvalue weighted by Crippen LogP contribution is -2.50. The smallest absolute Gasteiger partial charge is 0.428 e. The van der Waals surface area contributed by atoms with Crippen molar-refractivity contribution < 1.29 is 49.0 Å². The van der Waals surface area contributed by atoms with Gasteiger partial charge in [0.25, 0.3) is 24.2 Å². The molecule has 0 fully saturated rings. The molecule has 5 nitrogen and oxygen atoms in total. The van der Waals surface area contributed by atoms with Gasteiger partial charge < -0.3 is 10.1 Å². The van der Waals surface area contributed by atoms with Gasteiger partial charge in [0.15, 0.2) is 5.71 Å². The van der Waals surface area contributed by atoms with E-state index < -0.39 is 60.2 Å². The molecule has 0 radical (unpaired) electrons. The highest BCUT2D eigenvalue weighted by atomic mass is 19.4. The number of nitrogens with one attached hydrogen (secondary N) is 1. The van der Waals surface area contributed by atoms with Gasteiger partial charge in [-0.05, 0) is 12.1 Å². The van der Waals surface area contributed by atoms with E-state index in [-0.39, 0.29) is 0 Å². The third kappa shape index (κ3) is 4.67. The average Bonchev–Trinajstić information content (AvgIpc) is 2.91. The summed E-state index contributed by atoms with van der Waals surface area (Å²) >= 11 is 0. The second-order valence-electron chi connectivity index (χ2n) is 5.92.